The van der Waals surface area contributed by atoms with Gasteiger partial charge < -0.3 is 19.4 Å². The summed E-state index contributed by atoms with van der Waals surface area (Å²) in [4.78, 5) is 37.7. The lowest BCUT2D eigenvalue weighted by Crippen LogP contribution is -2.41. The van der Waals surface area contributed by atoms with Crippen LogP contribution in [0.5, 0.6) is 0 Å². The summed E-state index contributed by atoms with van der Waals surface area (Å²) in [5.74, 6) is -1.39. The lowest BCUT2D eigenvalue weighted by Gasteiger charge is -2.21. The summed E-state index contributed by atoms with van der Waals surface area (Å²) >= 11 is 0. The summed E-state index contributed by atoms with van der Waals surface area (Å²) in [6.45, 7) is 1.75. The largest absolute Gasteiger partial charge is 0.459 e. The molecular formula is C18H18N2O5. The number of furan rings is 1. The number of nitrogens with one attached hydrogen (secondary N) is 1. The monoisotopic (exact) mass is 342 g/mol. The van der Waals surface area contributed by atoms with Gasteiger partial charge in [0, 0.05) is 12.2 Å². The lowest BCUT2D eigenvalue weighted by molar-refractivity contribution is -0.152. The summed E-state index contributed by atoms with van der Waals surface area (Å²) in [6, 6.07) is 10.7. The smallest absolute Gasteiger partial charge is 0.326 e. The number of amides is 2. The predicted molar refractivity (Wildman–Crippen MR) is 89.1 cm³/mol. The minimum Gasteiger partial charge on any atom is -0.459 e. The van der Waals surface area contributed by atoms with Gasteiger partial charge in [-0.15, -0.1) is 0 Å². The highest BCUT2D eigenvalue weighted by Gasteiger charge is 2.29. The zero-order valence-electron chi connectivity index (χ0n) is 13.7. The van der Waals surface area contributed by atoms with Crippen LogP contribution in [0, 0.1) is 0 Å². The van der Waals surface area contributed by atoms with Gasteiger partial charge in [0.05, 0.1) is 6.26 Å². The molecule has 2 heterocycles. The summed E-state index contributed by atoms with van der Waals surface area (Å²) in [5.41, 5.74) is 1.95. The maximum absolute atomic E-state index is 12.5. The van der Waals surface area contributed by atoms with Crippen molar-refractivity contribution >= 4 is 23.5 Å². The minimum atomic E-state index is -0.931. The van der Waals surface area contributed by atoms with E-state index in [1.807, 2.05) is 24.3 Å². The number of anilines is 1. The van der Waals surface area contributed by atoms with Crippen LogP contribution in [0.25, 0.3) is 0 Å². The number of fused-ring (bicyclic) bond motifs is 1. The fourth-order valence-electron chi connectivity index (χ4n) is 2.72. The molecule has 1 aromatic heterocycles. The van der Waals surface area contributed by atoms with E-state index >= 15 is 0 Å². The Hall–Kier alpha value is -3.09. The second-order valence-electron chi connectivity index (χ2n) is 5.66. The molecule has 0 saturated carbocycles. The molecule has 1 atom stereocenters. The quantitative estimate of drug-likeness (QED) is 0.833. The number of carbonyl (C=O) groups is 3. The molecule has 1 aliphatic heterocycles. The van der Waals surface area contributed by atoms with Gasteiger partial charge in [0.2, 0.25) is 0 Å². The van der Waals surface area contributed by atoms with E-state index in [0.29, 0.717) is 6.54 Å². The van der Waals surface area contributed by atoms with Gasteiger partial charge in [0.25, 0.3) is 11.8 Å². The molecule has 7 heteroatoms. The molecule has 3 rings (SSSR count). The van der Waals surface area contributed by atoms with Crippen molar-refractivity contribution in [2.24, 2.45) is 0 Å². The van der Waals surface area contributed by atoms with Crippen LogP contribution in [-0.4, -0.2) is 37.0 Å². The van der Waals surface area contributed by atoms with Crippen molar-refractivity contribution in [3.05, 3.63) is 54.0 Å². The lowest BCUT2D eigenvalue weighted by atomic mass is 10.2. The SMILES string of the molecule is CC(OC(=O)CNC(=O)c1ccco1)C(=O)N1CCc2ccccc21. The van der Waals surface area contributed by atoms with E-state index in [9.17, 15) is 14.4 Å². The normalized spacial score (nSPS) is 13.9. The van der Waals surface area contributed by atoms with Crippen LogP contribution < -0.4 is 10.2 Å². The first kappa shape index (κ1) is 16.8. The van der Waals surface area contributed by atoms with Gasteiger partial charge in [0.15, 0.2) is 11.9 Å². The second-order valence-corrected chi connectivity index (χ2v) is 5.66. The van der Waals surface area contributed by atoms with E-state index in [2.05, 4.69) is 5.32 Å². The van der Waals surface area contributed by atoms with Gasteiger partial charge in [-0.1, -0.05) is 18.2 Å². The molecule has 0 fully saturated rings. The number of carbonyl (C=O) groups excluding carboxylic acids is 3. The molecule has 130 valence electrons. The fraction of sp³-hybridized carbons (Fsp3) is 0.278. The number of hydrogen-bond donors (Lipinski definition) is 1. The summed E-state index contributed by atoms with van der Waals surface area (Å²) in [7, 11) is 0. The van der Waals surface area contributed by atoms with Gasteiger partial charge in [-0.05, 0) is 37.1 Å². The van der Waals surface area contributed by atoms with Gasteiger partial charge in [-0.3, -0.25) is 14.4 Å². The number of hydrogen-bond acceptors (Lipinski definition) is 5. The maximum atomic E-state index is 12.5. The molecule has 0 saturated heterocycles. The fourth-order valence-corrected chi connectivity index (χ4v) is 2.72. The highest BCUT2D eigenvalue weighted by molar-refractivity contribution is 5.99. The van der Waals surface area contributed by atoms with Crippen LogP contribution >= 0.6 is 0 Å². The van der Waals surface area contributed by atoms with E-state index in [0.717, 1.165) is 17.7 Å². The number of ether oxygens (including phenoxy) is 1. The molecule has 2 amide bonds. The molecule has 0 bridgehead atoms. The standard InChI is InChI=1S/C18H18N2O5/c1-12(18(23)20-9-8-13-5-2-3-6-14(13)20)25-16(21)11-19-17(22)15-7-4-10-24-15/h2-7,10,12H,8-9,11H2,1H3,(H,19,22). The van der Waals surface area contributed by atoms with Gasteiger partial charge >= 0.3 is 5.97 Å². The first-order valence-electron chi connectivity index (χ1n) is 7.96. The Morgan fingerprint density at radius 3 is 2.80 bits per heavy atom. The highest BCUT2D eigenvalue weighted by atomic mass is 16.5. The third-order valence-corrected chi connectivity index (χ3v) is 3.95. The first-order valence-corrected chi connectivity index (χ1v) is 7.96. The number of benzene rings is 1. The van der Waals surface area contributed by atoms with Crippen LogP contribution in [0.1, 0.15) is 23.0 Å². The molecule has 0 aliphatic carbocycles. The zero-order valence-corrected chi connectivity index (χ0v) is 13.7. The van der Waals surface area contributed by atoms with E-state index in [1.54, 1.807) is 11.0 Å². The molecule has 0 radical (unpaired) electrons. The van der Waals surface area contributed by atoms with Crippen LogP contribution in [0.4, 0.5) is 5.69 Å². The van der Waals surface area contributed by atoms with Crippen LogP contribution in [-0.2, 0) is 20.7 Å². The van der Waals surface area contributed by atoms with Crippen molar-refractivity contribution in [1.29, 1.82) is 0 Å². The zero-order chi connectivity index (χ0) is 17.8. The summed E-state index contributed by atoms with van der Waals surface area (Å²) in [5, 5.41) is 2.38. The van der Waals surface area contributed by atoms with Gasteiger partial charge in [-0.2, -0.15) is 0 Å². The van der Waals surface area contributed by atoms with E-state index in [-0.39, 0.29) is 18.2 Å². The molecule has 2 aromatic rings. The first-order chi connectivity index (χ1) is 12.1. The average Bonchev–Trinajstić information content (AvgIpc) is 3.28. The van der Waals surface area contributed by atoms with Gasteiger partial charge in [0.1, 0.15) is 6.54 Å². The van der Waals surface area contributed by atoms with Crippen molar-refractivity contribution in [3.8, 4) is 0 Å². The molecule has 1 aliphatic rings. The van der Waals surface area contributed by atoms with Crippen molar-refractivity contribution < 1.29 is 23.5 Å². The van der Waals surface area contributed by atoms with E-state index in [1.165, 1.54) is 19.3 Å². The molecule has 1 aromatic carbocycles. The van der Waals surface area contributed by atoms with E-state index in [4.69, 9.17) is 9.15 Å². The Bertz CT molecular complexity index is 785. The van der Waals surface area contributed by atoms with Crippen LogP contribution in [0.15, 0.2) is 47.1 Å². The molecule has 25 heavy (non-hydrogen) atoms. The topological polar surface area (TPSA) is 88.8 Å². The average molecular weight is 342 g/mol. The Balaban J connectivity index is 1.52. The van der Waals surface area contributed by atoms with Crippen LogP contribution in [0.3, 0.4) is 0 Å². The Morgan fingerprint density at radius 1 is 1.24 bits per heavy atom. The number of esters is 1. The molecule has 7 nitrogen and oxygen atoms in total. The number of nitrogens with zero attached hydrogens (tertiary/aromatic N) is 1. The highest BCUT2D eigenvalue weighted by Crippen LogP contribution is 2.28. The molecular weight excluding hydrogens is 324 g/mol. The maximum Gasteiger partial charge on any atom is 0.326 e. The van der Waals surface area contributed by atoms with Crippen molar-refractivity contribution in [2.75, 3.05) is 18.0 Å². The van der Waals surface area contributed by atoms with Crippen molar-refractivity contribution in [3.63, 3.8) is 0 Å². The Labute approximate surface area is 144 Å². The number of para-hydroxylation sites is 1. The minimum absolute atomic E-state index is 0.102. The molecule has 0 spiro atoms. The third kappa shape index (κ3) is 3.71. The Morgan fingerprint density at radius 2 is 2.04 bits per heavy atom. The number of rotatable bonds is 5. The second kappa shape index (κ2) is 7.21. The van der Waals surface area contributed by atoms with Crippen LogP contribution in [0.2, 0.25) is 0 Å². The van der Waals surface area contributed by atoms with Gasteiger partial charge in [-0.25, -0.2) is 0 Å². The summed E-state index contributed by atoms with van der Waals surface area (Å²) < 4.78 is 10.1. The third-order valence-electron chi connectivity index (χ3n) is 3.95. The Kier molecular flexibility index (Phi) is 4.83. The van der Waals surface area contributed by atoms with Crippen molar-refractivity contribution in [2.45, 2.75) is 19.4 Å². The van der Waals surface area contributed by atoms with Crippen molar-refractivity contribution in [1.82, 2.24) is 5.32 Å². The molecule has 1 N–H and O–H groups in total. The molecule has 1 unspecified atom stereocenters. The summed E-state index contributed by atoms with van der Waals surface area (Å²) in [6.07, 6.45) is 1.21. The predicted octanol–water partition coefficient (Wildman–Crippen LogP) is 1.53. The van der Waals surface area contributed by atoms with E-state index < -0.39 is 18.0 Å².